The average molecular weight is 514 g/mol. The van der Waals surface area contributed by atoms with Crippen LogP contribution in [0.15, 0.2) is 12.3 Å². The topological polar surface area (TPSA) is 107 Å². The Morgan fingerprint density at radius 2 is 1.17 bits per heavy atom. The summed E-state index contributed by atoms with van der Waals surface area (Å²) < 4.78 is 5.08. The first kappa shape index (κ1) is 38.7. The molecule has 0 saturated carbocycles. The number of ether oxygens (including phenoxy) is 1. The second-order valence-corrected chi connectivity index (χ2v) is 12.1. The Morgan fingerprint density at radius 1 is 0.806 bits per heavy atom. The predicted molar refractivity (Wildman–Crippen MR) is 151 cm³/mol. The molecule has 1 aliphatic heterocycles. The lowest BCUT2D eigenvalue weighted by Crippen LogP contribution is -2.40. The van der Waals surface area contributed by atoms with E-state index in [0.717, 1.165) is 11.8 Å². The van der Waals surface area contributed by atoms with Crippen LogP contribution in [0.4, 0.5) is 0 Å². The van der Waals surface area contributed by atoms with Crippen LogP contribution in [0.5, 0.6) is 0 Å². The smallest absolute Gasteiger partial charge is 0.315 e. The Kier molecular flexibility index (Phi) is 19.8. The first-order valence-electron chi connectivity index (χ1n) is 13.3. The van der Waals surface area contributed by atoms with Crippen LogP contribution in [0.2, 0.25) is 0 Å². The van der Waals surface area contributed by atoms with Crippen molar-refractivity contribution >= 4 is 17.8 Å². The maximum absolute atomic E-state index is 11.5. The van der Waals surface area contributed by atoms with E-state index >= 15 is 0 Å². The normalized spacial score (nSPS) is 18.9. The summed E-state index contributed by atoms with van der Waals surface area (Å²) in [5.41, 5.74) is 5.21. The third-order valence-corrected chi connectivity index (χ3v) is 6.46. The maximum atomic E-state index is 11.5. The molecule has 6 nitrogen and oxygen atoms in total. The SMILES string of the molecule is C.C=C1OC(=O)C(C(C)C)C1C(C)C.CC(C)C(C(N)=O)C(C(=O)O)C(C)C.CC(C)CCC(C)C. The van der Waals surface area contributed by atoms with Gasteiger partial charge in [0.1, 0.15) is 5.76 Å². The molecule has 1 amide bonds. The van der Waals surface area contributed by atoms with Gasteiger partial charge in [-0.05, 0) is 35.5 Å². The van der Waals surface area contributed by atoms with Gasteiger partial charge in [-0.3, -0.25) is 14.4 Å². The van der Waals surface area contributed by atoms with Crippen molar-refractivity contribution in [1.29, 1.82) is 0 Å². The van der Waals surface area contributed by atoms with E-state index in [1.165, 1.54) is 12.8 Å². The molecule has 0 bridgehead atoms. The van der Waals surface area contributed by atoms with Crippen LogP contribution < -0.4 is 5.73 Å². The summed E-state index contributed by atoms with van der Waals surface area (Å²) in [6.07, 6.45) is 2.77. The van der Waals surface area contributed by atoms with Crippen LogP contribution in [-0.2, 0) is 19.1 Å². The van der Waals surface area contributed by atoms with Crippen molar-refractivity contribution in [3.8, 4) is 0 Å². The Morgan fingerprint density at radius 3 is 1.33 bits per heavy atom. The summed E-state index contributed by atoms with van der Waals surface area (Å²) >= 11 is 0. The predicted octanol–water partition coefficient (Wildman–Crippen LogP) is 7.42. The molecule has 36 heavy (non-hydrogen) atoms. The van der Waals surface area contributed by atoms with Gasteiger partial charge in [0, 0.05) is 5.92 Å². The summed E-state index contributed by atoms with van der Waals surface area (Å²) in [5.74, 6) is 0.402. The van der Waals surface area contributed by atoms with Gasteiger partial charge in [-0.15, -0.1) is 0 Å². The van der Waals surface area contributed by atoms with Crippen LogP contribution in [0.3, 0.4) is 0 Å². The first-order valence-corrected chi connectivity index (χ1v) is 13.3. The molecule has 1 aliphatic rings. The Hall–Kier alpha value is -1.85. The van der Waals surface area contributed by atoms with E-state index in [-0.39, 0.29) is 37.1 Å². The molecule has 0 aliphatic carbocycles. The molecule has 0 aromatic rings. The number of cyclic esters (lactones) is 1. The number of carbonyl (C=O) groups excluding carboxylic acids is 2. The summed E-state index contributed by atoms with van der Waals surface area (Å²) in [7, 11) is 0. The molecule has 0 aromatic carbocycles. The van der Waals surface area contributed by atoms with Crippen LogP contribution in [-0.4, -0.2) is 23.0 Å². The zero-order valence-corrected chi connectivity index (χ0v) is 24.6. The lowest BCUT2D eigenvalue weighted by molar-refractivity contribution is -0.150. The Balaban J connectivity index is -0.000000464. The molecule has 0 radical (unpaired) electrons. The van der Waals surface area contributed by atoms with Crippen molar-refractivity contribution in [2.24, 2.45) is 64.9 Å². The minimum atomic E-state index is -0.947. The monoisotopic (exact) mass is 513 g/mol. The van der Waals surface area contributed by atoms with Crippen molar-refractivity contribution in [3.05, 3.63) is 12.3 Å². The van der Waals surface area contributed by atoms with Crippen molar-refractivity contribution in [2.75, 3.05) is 0 Å². The molecule has 1 saturated heterocycles. The maximum Gasteiger partial charge on any atom is 0.315 e. The Labute approximate surface area is 222 Å². The number of allylic oxidation sites excluding steroid dienone is 1. The number of carboxylic acid groups (broad SMARTS) is 1. The fraction of sp³-hybridized carbons (Fsp3) is 0.833. The molecule has 214 valence electrons. The molecule has 1 rings (SSSR count). The minimum Gasteiger partial charge on any atom is -0.481 e. The van der Waals surface area contributed by atoms with Gasteiger partial charge in [-0.25, -0.2) is 0 Å². The van der Waals surface area contributed by atoms with Crippen LogP contribution in [0.25, 0.3) is 0 Å². The summed E-state index contributed by atoms with van der Waals surface area (Å²) in [5, 5.41) is 9.00. The van der Waals surface area contributed by atoms with Gasteiger partial charge in [-0.1, -0.05) is 110 Å². The summed E-state index contributed by atoms with van der Waals surface area (Å²) in [6, 6.07) is 0. The summed E-state index contributed by atoms with van der Waals surface area (Å²) in [6.45, 7) is 28.4. The third-order valence-electron chi connectivity index (χ3n) is 6.46. The van der Waals surface area contributed by atoms with E-state index in [0.29, 0.717) is 17.6 Å². The second kappa shape index (κ2) is 18.4. The molecule has 1 heterocycles. The van der Waals surface area contributed by atoms with Gasteiger partial charge in [0.05, 0.1) is 17.8 Å². The zero-order chi connectivity index (χ0) is 28.2. The molecule has 4 unspecified atom stereocenters. The van der Waals surface area contributed by atoms with Crippen LogP contribution in [0.1, 0.15) is 103 Å². The number of esters is 1. The van der Waals surface area contributed by atoms with Crippen molar-refractivity contribution < 1.29 is 24.2 Å². The van der Waals surface area contributed by atoms with Crippen molar-refractivity contribution in [1.82, 2.24) is 0 Å². The minimum absolute atomic E-state index is 0. The number of carboxylic acids is 1. The molecule has 4 atom stereocenters. The van der Waals surface area contributed by atoms with Crippen LogP contribution in [0, 0.1) is 59.2 Å². The van der Waals surface area contributed by atoms with Gasteiger partial charge in [0.25, 0.3) is 0 Å². The molecular formula is C30H59NO5. The Bertz CT molecular complexity index is 608. The average Bonchev–Trinajstić information content (AvgIpc) is 2.98. The van der Waals surface area contributed by atoms with Gasteiger partial charge in [0.15, 0.2) is 0 Å². The van der Waals surface area contributed by atoms with Gasteiger partial charge in [-0.2, -0.15) is 0 Å². The van der Waals surface area contributed by atoms with E-state index in [9.17, 15) is 14.4 Å². The van der Waals surface area contributed by atoms with Crippen LogP contribution >= 0.6 is 0 Å². The highest BCUT2D eigenvalue weighted by Crippen LogP contribution is 2.39. The van der Waals surface area contributed by atoms with E-state index in [1.54, 1.807) is 13.8 Å². The second-order valence-electron chi connectivity index (χ2n) is 12.1. The number of rotatable bonds is 10. The van der Waals surface area contributed by atoms with Gasteiger partial charge in [0.2, 0.25) is 5.91 Å². The lowest BCUT2D eigenvalue weighted by atomic mass is 9.77. The number of carbonyl (C=O) groups is 3. The molecular weight excluding hydrogens is 454 g/mol. The lowest BCUT2D eigenvalue weighted by Gasteiger charge is -2.27. The van der Waals surface area contributed by atoms with E-state index in [4.69, 9.17) is 15.6 Å². The number of aliphatic carboxylic acids is 1. The molecule has 3 N–H and O–H groups in total. The van der Waals surface area contributed by atoms with Crippen molar-refractivity contribution in [2.45, 2.75) is 103 Å². The number of hydrogen-bond donors (Lipinski definition) is 2. The highest BCUT2D eigenvalue weighted by Gasteiger charge is 2.43. The molecule has 0 aromatic heterocycles. The highest BCUT2D eigenvalue weighted by atomic mass is 16.5. The fourth-order valence-electron chi connectivity index (χ4n) is 4.53. The first-order chi connectivity index (χ1) is 15.9. The van der Waals surface area contributed by atoms with E-state index in [1.807, 2.05) is 13.8 Å². The molecule has 0 spiro atoms. The third kappa shape index (κ3) is 14.0. The van der Waals surface area contributed by atoms with Crippen molar-refractivity contribution in [3.63, 3.8) is 0 Å². The number of primary amides is 1. The van der Waals surface area contributed by atoms with Gasteiger partial charge < -0.3 is 15.6 Å². The fourth-order valence-corrected chi connectivity index (χ4v) is 4.53. The number of hydrogen-bond acceptors (Lipinski definition) is 4. The number of nitrogens with two attached hydrogens (primary N) is 1. The van der Waals surface area contributed by atoms with Gasteiger partial charge >= 0.3 is 11.9 Å². The highest BCUT2D eigenvalue weighted by molar-refractivity contribution is 5.83. The molecule has 1 fully saturated rings. The standard InChI is InChI=1S/C11H18O2.C10H19NO3.C8H18.CH4/c1-6(2)9-8(5)13-11(12)10(9)7(3)4;1-5(2)7(9(11)12)8(6(3)4)10(13)14;1-7(2)5-6-8(3)4;/h6-7,9-10H,5H2,1-4H3;5-8H,1-4H3,(H2,11,12)(H,13,14);7-8H,5-6H2,1-4H3;1H4. The van der Waals surface area contributed by atoms with E-state index in [2.05, 4.69) is 62.0 Å². The quantitative estimate of drug-likeness (QED) is 0.296. The zero-order valence-electron chi connectivity index (χ0n) is 24.6. The summed E-state index contributed by atoms with van der Waals surface area (Å²) in [4.78, 5) is 33.6. The molecule has 6 heteroatoms. The number of amides is 1. The van der Waals surface area contributed by atoms with E-state index < -0.39 is 23.7 Å². The largest absolute Gasteiger partial charge is 0.481 e.